The van der Waals surface area contributed by atoms with Gasteiger partial charge < -0.3 is 19.7 Å². The van der Waals surface area contributed by atoms with Crippen molar-refractivity contribution in [2.75, 3.05) is 17.8 Å². The van der Waals surface area contributed by atoms with Gasteiger partial charge in [-0.2, -0.15) is 4.98 Å². The molecule has 222 valence electrons. The zero-order valence-corrected chi connectivity index (χ0v) is 25.0. The Kier molecular flexibility index (Phi) is 9.90. The lowest BCUT2D eigenvalue weighted by Crippen LogP contribution is -2.23. The highest BCUT2D eigenvalue weighted by Crippen LogP contribution is 2.25. The molecule has 10 nitrogen and oxygen atoms in total. The van der Waals surface area contributed by atoms with E-state index < -0.39 is 16.1 Å². The standard InChI is InChI=1S/C30H27Cl2N5O5S/c31-23-14-24(32)16-26(15-23)41-19-29-35-30(36-42-29)21-5-9-27(10-6-21)43(39,40)37-25-7-3-20(4-8-25)11-13-34-18-28(38)22-2-1-12-33-17-22/h1-10,12,14-17,28,34,37-38H,11,13,18-19H2. The minimum absolute atomic E-state index is 0.00462. The summed E-state index contributed by atoms with van der Waals surface area (Å²) in [6.07, 6.45) is 3.39. The van der Waals surface area contributed by atoms with Crippen LogP contribution in [0.5, 0.6) is 5.75 Å². The van der Waals surface area contributed by atoms with E-state index in [4.69, 9.17) is 32.5 Å². The molecule has 0 amide bonds. The topological polar surface area (TPSA) is 139 Å². The van der Waals surface area contributed by atoms with E-state index in [2.05, 4.69) is 25.2 Å². The number of aliphatic hydroxyl groups is 1. The van der Waals surface area contributed by atoms with Crippen molar-refractivity contribution >= 4 is 38.9 Å². The van der Waals surface area contributed by atoms with Crippen molar-refractivity contribution in [1.29, 1.82) is 0 Å². The Hall–Kier alpha value is -4.00. The molecule has 3 N–H and O–H groups in total. The fraction of sp³-hybridized carbons (Fsp3) is 0.167. The van der Waals surface area contributed by atoms with Crippen molar-refractivity contribution in [1.82, 2.24) is 20.4 Å². The number of aromatic nitrogens is 3. The van der Waals surface area contributed by atoms with Crippen LogP contribution >= 0.6 is 23.2 Å². The molecular weight excluding hydrogens is 613 g/mol. The molecule has 3 aromatic carbocycles. The van der Waals surface area contributed by atoms with Gasteiger partial charge in [-0.1, -0.05) is 46.6 Å². The monoisotopic (exact) mass is 639 g/mol. The number of sulfonamides is 1. The summed E-state index contributed by atoms with van der Waals surface area (Å²) >= 11 is 12.0. The number of pyridine rings is 1. The van der Waals surface area contributed by atoms with Crippen molar-refractivity contribution < 1.29 is 22.8 Å². The van der Waals surface area contributed by atoms with Crippen LogP contribution in [0.2, 0.25) is 10.0 Å². The maximum Gasteiger partial charge on any atom is 0.264 e. The van der Waals surface area contributed by atoms with Gasteiger partial charge in [-0.3, -0.25) is 9.71 Å². The summed E-state index contributed by atoms with van der Waals surface area (Å²) in [4.78, 5) is 8.40. The summed E-state index contributed by atoms with van der Waals surface area (Å²) < 4.78 is 39.4. The molecule has 2 heterocycles. The van der Waals surface area contributed by atoms with Gasteiger partial charge in [0, 0.05) is 45.8 Å². The number of ether oxygens (including phenoxy) is 1. The van der Waals surface area contributed by atoms with Crippen LogP contribution in [-0.4, -0.2) is 41.7 Å². The Balaban J connectivity index is 1.11. The first kappa shape index (κ1) is 30.5. The van der Waals surface area contributed by atoms with E-state index in [1.165, 1.54) is 12.1 Å². The number of nitrogens with zero attached hydrogens (tertiary/aromatic N) is 3. The van der Waals surface area contributed by atoms with Crippen LogP contribution < -0.4 is 14.8 Å². The first-order chi connectivity index (χ1) is 20.7. The lowest BCUT2D eigenvalue weighted by atomic mass is 10.1. The Labute approximate surface area is 258 Å². The number of hydrogen-bond acceptors (Lipinski definition) is 9. The molecule has 5 aromatic rings. The fourth-order valence-corrected chi connectivity index (χ4v) is 5.65. The van der Waals surface area contributed by atoms with Gasteiger partial charge in [0.1, 0.15) is 5.75 Å². The first-order valence-corrected chi connectivity index (χ1v) is 15.4. The fourth-order valence-electron chi connectivity index (χ4n) is 4.09. The van der Waals surface area contributed by atoms with Crippen LogP contribution in [0.4, 0.5) is 5.69 Å². The highest BCUT2D eigenvalue weighted by molar-refractivity contribution is 7.92. The molecule has 0 saturated carbocycles. The van der Waals surface area contributed by atoms with Crippen LogP contribution in [0.3, 0.4) is 0 Å². The van der Waals surface area contributed by atoms with E-state index >= 15 is 0 Å². The molecule has 1 atom stereocenters. The van der Waals surface area contributed by atoms with Gasteiger partial charge in [-0.15, -0.1) is 0 Å². The molecule has 0 spiro atoms. The third-order valence-corrected chi connectivity index (χ3v) is 8.13. The van der Waals surface area contributed by atoms with Crippen LogP contribution in [0, 0.1) is 0 Å². The average Bonchev–Trinajstić information content (AvgIpc) is 3.48. The predicted molar refractivity (Wildman–Crippen MR) is 164 cm³/mol. The van der Waals surface area contributed by atoms with Crippen LogP contribution in [0.15, 0.2) is 101 Å². The van der Waals surface area contributed by atoms with E-state index in [0.717, 1.165) is 11.1 Å². The molecule has 1 unspecified atom stereocenters. The molecular formula is C30H27Cl2N5O5S. The summed E-state index contributed by atoms with van der Waals surface area (Å²) in [5, 5.41) is 18.3. The first-order valence-electron chi connectivity index (χ1n) is 13.2. The summed E-state index contributed by atoms with van der Waals surface area (Å²) in [6, 6.07) is 21.7. The normalized spacial score (nSPS) is 12.2. The quantitative estimate of drug-likeness (QED) is 0.139. The van der Waals surface area contributed by atoms with E-state index in [0.29, 0.717) is 46.6 Å². The van der Waals surface area contributed by atoms with E-state index in [-0.39, 0.29) is 23.2 Å². The van der Waals surface area contributed by atoms with Crippen molar-refractivity contribution in [3.8, 4) is 17.1 Å². The summed E-state index contributed by atoms with van der Waals surface area (Å²) in [6.45, 7) is 1.06. The van der Waals surface area contributed by atoms with Gasteiger partial charge in [0.15, 0.2) is 6.61 Å². The van der Waals surface area contributed by atoms with Gasteiger partial charge in [0.05, 0.1) is 11.0 Å². The summed E-state index contributed by atoms with van der Waals surface area (Å²) in [5.74, 6) is 0.974. The number of halogens is 2. The van der Waals surface area contributed by atoms with Gasteiger partial charge in [0.25, 0.3) is 15.9 Å². The van der Waals surface area contributed by atoms with Gasteiger partial charge in [-0.05, 0) is 79.2 Å². The molecule has 13 heteroatoms. The van der Waals surface area contributed by atoms with Crippen molar-refractivity contribution in [2.24, 2.45) is 0 Å². The van der Waals surface area contributed by atoms with E-state index in [1.807, 2.05) is 18.2 Å². The Morgan fingerprint density at radius 2 is 1.72 bits per heavy atom. The van der Waals surface area contributed by atoms with Crippen molar-refractivity contribution in [3.63, 3.8) is 0 Å². The molecule has 0 aliphatic carbocycles. The molecule has 0 aliphatic heterocycles. The maximum absolute atomic E-state index is 13.0. The second-order valence-electron chi connectivity index (χ2n) is 9.49. The van der Waals surface area contributed by atoms with E-state index in [9.17, 15) is 13.5 Å². The molecule has 0 bridgehead atoms. The summed E-state index contributed by atoms with van der Waals surface area (Å²) in [5.41, 5.74) is 2.80. The Morgan fingerprint density at radius 1 is 0.977 bits per heavy atom. The largest absolute Gasteiger partial charge is 0.484 e. The molecule has 5 rings (SSSR count). The molecule has 43 heavy (non-hydrogen) atoms. The minimum atomic E-state index is -3.82. The second-order valence-corrected chi connectivity index (χ2v) is 12.0. The van der Waals surface area contributed by atoms with Gasteiger partial charge >= 0.3 is 0 Å². The summed E-state index contributed by atoms with van der Waals surface area (Å²) in [7, 11) is -3.82. The predicted octanol–water partition coefficient (Wildman–Crippen LogP) is 5.68. The van der Waals surface area contributed by atoms with Crippen molar-refractivity contribution in [2.45, 2.75) is 24.0 Å². The van der Waals surface area contributed by atoms with Crippen LogP contribution in [0.25, 0.3) is 11.4 Å². The third-order valence-electron chi connectivity index (χ3n) is 6.29. The van der Waals surface area contributed by atoms with Crippen LogP contribution in [-0.2, 0) is 23.1 Å². The lowest BCUT2D eigenvalue weighted by molar-refractivity contribution is 0.174. The number of rotatable bonds is 13. The SMILES string of the molecule is O=S(=O)(Nc1ccc(CCNCC(O)c2cccnc2)cc1)c1ccc(-c2noc(COc3cc(Cl)cc(Cl)c3)n2)cc1. The van der Waals surface area contributed by atoms with Crippen LogP contribution in [0.1, 0.15) is 23.1 Å². The molecule has 2 aromatic heterocycles. The minimum Gasteiger partial charge on any atom is -0.484 e. The smallest absolute Gasteiger partial charge is 0.264 e. The highest BCUT2D eigenvalue weighted by Gasteiger charge is 2.16. The zero-order chi connectivity index (χ0) is 30.2. The zero-order valence-electron chi connectivity index (χ0n) is 22.7. The molecule has 0 saturated heterocycles. The van der Waals surface area contributed by atoms with Gasteiger partial charge in [0.2, 0.25) is 5.82 Å². The number of hydrogen-bond donors (Lipinski definition) is 3. The molecule has 0 fully saturated rings. The highest BCUT2D eigenvalue weighted by atomic mass is 35.5. The Morgan fingerprint density at radius 3 is 2.42 bits per heavy atom. The van der Waals surface area contributed by atoms with Gasteiger partial charge in [-0.25, -0.2) is 8.42 Å². The average molecular weight is 641 g/mol. The Bertz CT molecular complexity index is 1730. The molecule has 0 radical (unpaired) electrons. The number of anilines is 1. The number of benzene rings is 3. The number of aliphatic hydroxyl groups excluding tert-OH is 1. The maximum atomic E-state index is 13.0. The third kappa shape index (κ3) is 8.53. The molecule has 0 aliphatic rings. The number of nitrogens with one attached hydrogen (secondary N) is 2. The lowest BCUT2D eigenvalue weighted by Gasteiger charge is -2.12. The van der Waals surface area contributed by atoms with E-state index in [1.54, 1.807) is 60.9 Å². The second kappa shape index (κ2) is 14.0. The van der Waals surface area contributed by atoms with Crippen molar-refractivity contribution in [3.05, 3.63) is 118 Å².